The Morgan fingerprint density at radius 1 is 1.44 bits per heavy atom. The van der Waals surface area contributed by atoms with Gasteiger partial charge in [0, 0.05) is 38.9 Å². The lowest BCUT2D eigenvalue weighted by Gasteiger charge is -2.31. The molecule has 1 aliphatic rings. The Labute approximate surface area is 159 Å². The summed E-state index contributed by atoms with van der Waals surface area (Å²) < 4.78 is 1.93. The number of nitrogens with zero attached hydrogens (tertiary/aromatic N) is 4. The molecule has 27 heavy (non-hydrogen) atoms. The SMILES string of the molecule is CCn1c(N2CCC[C@@H](N)C2)nc(NC)c1C(=O)NCc1ncccc1N. The molecule has 1 aliphatic heterocycles. The molecule has 0 unspecified atom stereocenters. The van der Waals surface area contributed by atoms with E-state index in [-0.39, 0.29) is 18.5 Å². The minimum atomic E-state index is -0.216. The third-order valence-electron chi connectivity index (χ3n) is 4.80. The molecule has 0 saturated carbocycles. The van der Waals surface area contributed by atoms with E-state index in [4.69, 9.17) is 11.5 Å². The van der Waals surface area contributed by atoms with E-state index in [0.29, 0.717) is 29.4 Å². The highest BCUT2D eigenvalue weighted by Crippen LogP contribution is 2.26. The molecule has 9 heteroatoms. The van der Waals surface area contributed by atoms with Crippen LogP contribution in [0.15, 0.2) is 18.3 Å². The number of imidazole rings is 1. The Kier molecular flexibility index (Phi) is 5.80. The number of rotatable bonds is 6. The van der Waals surface area contributed by atoms with E-state index in [1.165, 1.54) is 0 Å². The Morgan fingerprint density at radius 2 is 2.26 bits per heavy atom. The standard InChI is InChI=1S/C18H28N8O/c1-3-26-15(17(27)23-10-14-13(20)7-4-8-22-14)16(21-2)24-18(26)25-9-5-6-12(19)11-25/h4,7-8,12,21H,3,5-6,9-11,19-20H2,1-2H3,(H,23,27)/t12-/m1/s1. The zero-order valence-electron chi connectivity index (χ0n) is 15.9. The molecule has 0 bridgehead atoms. The summed E-state index contributed by atoms with van der Waals surface area (Å²) in [6.45, 7) is 4.52. The van der Waals surface area contributed by atoms with Crippen molar-refractivity contribution in [1.82, 2.24) is 19.9 Å². The molecule has 1 amide bonds. The summed E-state index contributed by atoms with van der Waals surface area (Å²) in [5.41, 5.74) is 13.7. The van der Waals surface area contributed by atoms with Gasteiger partial charge in [-0.05, 0) is 31.9 Å². The van der Waals surface area contributed by atoms with Crippen molar-refractivity contribution in [3.05, 3.63) is 29.7 Å². The van der Waals surface area contributed by atoms with Gasteiger partial charge in [-0.3, -0.25) is 9.78 Å². The lowest BCUT2D eigenvalue weighted by atomic mass is 10.1. The van der Waals surface area contributed by atoms with Crippen LogP contribution < -0.4 is 27.0 Å². The first-order valence-electron chi connectivity index (χ1n) is 9.31. The van der Waals surface area contributed by atoms with E-state index < -0.39 is 0 Å². The van der Waals surface area contributed by atoms with Crippen LogP contribution in [0.1, 0.15) is 35.9 Å². The first-order chi connectivity index (χ1) is 13.0. The van der Waals surface area contributed by atoms with Gasteiger partial charge in [-0.25, -0.2) is 0 Å². The molecule has 0 radical (unpaired) electrons. The summed E-state index contributed by atoms with van der Waals surface area (Å²) in [6.07, 6.45) is 3.69. The number of carbonyl (C=O) groups is 1. The van der Waals surface area contributed by atoms with Gasteiger partial charge in [0.15, 0.2) is 11.5 Å². The molecule has 3 rings (SSSR count). The fourth-order valence-corrected chi connectivity index (χ4v) is 3.42. The van der Waals surface area contributed by atoms with Gasteiger partial charge in [-0.15, -0.1) is 0 Å². The van der Waals surface area contributed by atoms with Crippen LogP contribution in [-0.2, 0) is 13.1 Å². The molecule has 1 fully saturated rings. The highest BCUT2D eigenvalue weighted by molar-refractivity contribution is 5.98. The smallest absolute Gasteiger partial charge is 0.272 e. The molecule has 146 valence electrons. The molecule has 0 aromatic carbocycles. The molecule has 3 heterocycles. The highest BCUT2D eigenvalue weighted by Gasteiger charge is 2.27. The molecular weight excluding hydrogens is 344 g/mol. The number of nitrogens with two attached hydrogens (primary N) is 2. The van der Waals surface area contributed by atoms with Crippen LogP contribution in [0.5, 0.6) is 0 Å². The van der Waals surface area contributed by atoms with Gasteiger partial charge in [0.2, 0.25) is 5.95 Å². The molecule has 0 aliphatic carbocycles. The summed E-state index contributed by atoms with van der Waals surface area (Å²) >= 11 is 0. The number of carbonyl (C=O) groups excluding carboxylic acids is 1. The van der Waals surface area contributed by atoms with Crippen molar-refractivity contribution in [3.63, 3.8) is 0 Å². The molecular formula is C18H28N8O. The van der Waals surface area contributed by atoms with Gasteiger partial charge in [-0.1, -0.05) is 0 Å². The van der Waals surface area contributed by atoms with Crippen LogP contribution in [0.3, 0.4) is 0 Å². The van der Waals surface area contributed by atoms with Crippen LogP contribution in [0.25, 0.3) is 0 Å². The number of hydrogen-bond donors (Lipinski definition) is 4. The first-order valence-corrected chi connectivity index (χ1v) is 9.31. The van der Waals surface area contributed by atoms with Crippen molar-refractivity contribution >= 4 is 23.4 Å². The average Bonchev–Trinajstić information content (AvgIpc) is 3.06. The molecule has 9 nitrogen and oxygen atoms in total. The third-order valence-corrected chi connectivity index (χ3v) is 4.80. The van der Waals surface area contributed by atoms with Crippen molar-refractivity contribution in [3.8, 4) is 0 Å². The first kappa shape index (κ1) is 19.0. The topological polar surface area (TPSA) is 127 Å². The second-order valence-electron chi connectivity index (χ2n) is 6.67. The number of hydrogen-bond acceptors (Lipinski definition) is 7. The number of pyridine rings is 1. The number of nitrogen functional groups attached to an aromatic ring is 1. The molecule has 0 spiro atoms. The van der Waals surface area contributed by atoms with Crippen molar-refractivity contribution in [2.45, 2.75) is 38.9 Å². The van der Waals surface area contributed by atoms with E-state index in [1.54, 1.807) is 25.4 Å². The highest BCUT2D eigenvalue weighted by atomic mass is 16.2. The second-order valence-corrected chi connectivity index (χ2v) is 6.67. The van der Waals surface area contributed by atoms with Gasteiger partial charge >= 0.3 is 0 Å². The summed E-state index contributed by atoms with van der Waals surface area (Å²) in [5.74, 6) is 1.11. The van der Waals surface area contributed by atoms with Crippen molar-refractivity contribution in [2.24, 2.45) is 5.73 Å². The minimum Gasteiger partial charge on any atom is -0.397 e. The largest absolute Gasteiger partial charge is 0.397 e. The zero-order chi connectivity index (χ0) is 19.4. The van der Waals surface area contributed by atoms with Gasteiger partial charge < -0.3 is 31.6 Å². The fourth-order valence-electron chi connectivity index (χ4n) is 3.42. The van der Waals surface area contributed by atoms with E-state index >= 15 is 0 Å². The van der Waals surface area contributed by atoms with Crippen LogP contribution in [0.4, 0.5) is 17.5 Å². The minimum absolute atomic E-state index is 0.128. The second kappa shape index (κ2) is 8.26. The van der Waals surface area contributed by atoms with Crippen LogP contribution >= 0.6 is 0 Å². The van der Waals surface area contributed by atoms with Gasteiger partial charge in [0.25, 0.3) is 5.91 Å². The predicted molar refractivity (Wildman–Crippen MR) is 107 cm³/mol. The predicted octanol–water partition coefficient (Wildman–Crippen LogP) is 0.779. The quantitative estimate of drug-likeness (QED) is 0.590. The Balaban J connectivity index is 1.85. The van der Waals surface area contributed by atoms with Crippen LogP contribution in [0, 0.1) is 0 Å². The van der Waals surface area contributed by atoms with E-state index in [0.717, 1.165) is 31.9 Å². The summed E-state index contributed by atoms with van der Waals surface area (Å²) in [5, 5.41) is 5.95. The zero-order valence-corrected chi connectivity index (χ0v) is 15.9. The maximum absolute atomic E-state index is 12.9. The lowest BCUT2D eigenvalue weighted by molar-refractivity contribution is 0.0942. The van der Waals surface area contributed by atoms with E-state index in [2.05, 4.69) is 25.5 Å². The van der Waals surface area contributed by atoms with Crippen molar-refractivity contribution in [2.75, 3.05) is 36.1 Å². The average molecular weight is 372 g/mol. The van der Waals surface area contributed by atoms with E-state index in [9.17, 15) is 4.79 Å². The molecule has 6 N–H and O–H groups in total. The summed E-state index contributed by atoms with van der Waals surface area (Å²) in [6, 6.07) is 3.66. The summed E-state index contributed by atoms with van der Waals surface area (Å²) in [7, 11) is 1.77. The van der Waals surface area contributed by atoms with Crippen LogP contribution in [0.2, 0.25) is 0 Å². The van der Waals surface area contributed by atoms with E-state index in [1.807, 2.05) is 11.5 Å². The Bertz CT molecular complexity index is 803. The van der Waals surface area contributed by atoms with Gasteiger partial charge in [0.05, 0.1) is 17.9 Å². The lowest BCUT2D eigenvalue weighted by Crippen LogP contribution is -2.44. The van der Waals surface area contributed by atoms with Crippen LogP contribution in [-0.4, -0.2) is 46.6 Å². The maximum Gasteiger partial charge on any atom is 0.272 e. The molecule has 2 aromatic rings. The van der Waals surface area contributed by atoms with Crippen molar-refractivity contribution in [1.29, 1.82) is 0 Å². The molecule has 1 atom stereocenters. The Morgan fingerprint density at radius 3 is 2.93 bits per heavy atom. The number of nitrogens with one attached hydrogen (secondary N) is 2. The van der Waals surface area contributed by atoms with Gasteiger partial charge in [0.1, 0.15) is 0 Å². The monoisotopic (exact) mass is 372 g/mol. The number of amides is 1. The fraction of sp³-hybridized carbons (Fsp3) is 0.500. The molecule has 1 saturated heterocycles. The number of anilines is 3. The third kappa shape index (κ3) is 3.97. The van der Waals surface area contributed by atoms with Crippen molar-refractivity contribution < 1.29 is 4.79 Å². The Hall–Kier alpha value is -2.81. The normalized spacial score (nSPS) is 17.0. The van der Waals surface area contributed by atoms with Gasteiger partial charge in [-0.2, -0.15) is 4.98 Å². The summed E-state index contributed by atoms with van der Waals surface area (Å²) in [4.78, 5) is 24.0. The maximum atomic E-state index is 12.9. The number of piperidine rings is 1. The number of aromatic nitrogens is 3. The molecule has 2 aromatic heterocycles.